The van der Waals surface area contributed by atoms with Crippen LogP contribution < -0.4 is 9.47 Å². The van der Waals surface area contributed by atoms with E-state index in [1.807, 2.05) is 0 Å². The summed E-state index contributed by atoms with van der Waals surface area (Å²) in [7, 11) is 4.31. The molecule has 142 valence electrons. The van der Waals surface area contributed by atoms with Gasteiger partial charge in [0.25, 0.3) is 5.91 Å². The van der Waals surface area contributed by atoms with Crippen molar-refractivity contribution < 1.29 is 28.6 Å². The lowest BCUT2D eigenvalue weighted by molar-refractivity contribution is -0.140. The SMILES string of the molecule is COc1cc2c(cc1OC)[C@H](C(=O)O)[C@@H](c1cc(Br)ccc1F)N(C)C2=O. The van der Waals surface area contributed by atoms with Gasteiger partial charge in [-0.25, -0.2) is 4.39 Å². The summed E-state index contributed by atoms with van der Waals surface area (Å²) in [5.41, 5.74) is 0.565. The van der Waals surface area contributed by atoms with Gasteiger partial charge >= 0.3 is 5.97 Å². The monoisotopic (exact) mass is 437 g/mol. The van der Waals surface area contributed by atoms with Gasteiger partial charge < -0.3 is 19.5 Å². The molecule has 8 heteroatoms. The van der Waals surface area contributed by atoms with Crippen LogP contribution in [0.5, 0.6) is 11.5 Å². The zero-order valence-corrected chi connectivity index (χ0v) is 16.4. The van der Waals surface area contributed by atoms with E-state index >= 15 is 0 Å². The van der Waals surface area contributed by atoms with E-state index in [1.54, 1.807) is 0 Å². The number of likely N-dealkylation sites (N-methyl/N-ethyl adjacent to an activating group) is 1. The molecule has 2 aromatic rings. The number of ether oxygens (including phenoxy) is 2. The molecule has 1 aliphatic rings. The standard InChI is InChI=1S/C19H17BrFNO5/c1-22-17(12-6-9(20)4-5-13(12)21)16(19(24)25)10-7-14(26-2)15(27-3)8-11(10)18(22)23/h4-8,16-17H,1-3H3,(H,24,25)/t16-,17+/m0/s1. The van der Waals surface area contributed by atoms with Gasteiger partial charge in [0, 0.05) is 22.6 Å². The fraction of sp³-hybridized carbons (Fsp3) is 0.263. The lowest BCUT2D eigenvalue weighted by Crippen LogP contribution is -2.43. The number of carboxylic acids is 1. The van der Waals surface area contributed by atoms with E-state index in [0.29, 0.717) is 16.0 Å². The van der Waals surface area contributed by atoms with Crippen LogP contribution >= 0.6 is 15.9 Å². The highest BCUT2D eigenvalue weighted by molar-refractivity contribution is 9.10. The van der Waals surface area contributed by atoms with Crippen molar-refractivity contribution >= 4 is 27.8 Å². The summed E-state index contributed by atoms with van der Waals surface area (Å²) < 4.78 is 25.6. The van der Waals surface area contributed by atoms with E-state index < -0.39 is 29.7 Å². The molecule has 0 aliphatic carbocycles. The molecule has 1 aliphatic heterocycles. The first kappa shape index (κ1) is 19.2. The average Bonchev–Trinajstić information content (AvgIpc) is 2.65. The second kappa shape index (κ2) is 7.19. The molecule has 0 spiro atoms. The summed E-state index contributed by atoms with van der Waals surface area (Å²) in [6.45, 7) is 0. The topological polar surface area (TPSA) is 76.1 Å². The van der Waals surface area contributed by atoms with Gasteiger partial charge in [-0.2, -0.15) is 0 Å². The first-order valence-corrected chi connectivity index (χ1v) is 8.80. The molecule has 27 heavy (non-hydrogen) atoms. The van der Waals surface area contributed by atoms with E-state index in [2.05, 4.69) is 15.9 Å². The molecule has 6 nitrogen and oxygen atoms in total. The second-order valence-corrected chi connectivity index (χ2v) is 7.05. The van der Waals surface area contributed by atoms with E-state index in [4.69, 9.17) is 9.47 Å². The van der Waals surface area contributed by atoms with Gasteiger partial charge in [0.1, 0.15) is 11.7 Å². The maximum atomic E-state index is 14.5. The van der Waals surface area contributed by atoms with Gasteiger partial charge in [-0.1, -0.05) is 15.9 Å². The summed E-state index contributed by atoms with van der Waals surface area (Å²) >= 11 is 3.27. The molecule has 0 saturated heterocycles. The lowest BCUT2D eigenvalue weighted by Gasteiger charge is -2.39. The summed E-state index contributed by atoms with van der Waals surface area (Å²) in [4.78, 5) is 26.3. The predicted molar refractivity (Wildman–Crippen MR) is 98.9 cm³/mol. The summed E-state index contributed by atoms with van der Waals surface area (Å²) in [5, 5.41) is 9.93. The van der Waals surface area contributed by atoms with E-state index in [-0.39, 0.29) is 16.7 Å². The van der Waals surface area contributed by atoms with Crippen LogP contribution in [0, 0.1) is 5.82 Å². The number of carboxylic acid groups (broad SMARTS) is 1. The summed E-state index contributed by atoms with van der Waals surface area (Å²) in [6.07, 6.45) is 0. The van der Waals surface area contributed by atoms with E-state index in [9.17, 15) is 19.1 Å². The zero-order chi connectivity index (χ0) is 19.9. The van der Waals surface area contributed by atoms with Crippen molar-refractivity contribution in [1.29, 1.82) is 0 Å². The van der Waals surface area contributed by atoms with Crippen molar-refractivity contribution in [3.8, 4) is 11.5 Å². The molecule has 1 amide bonds. The maximum absolute atomic E-state index is 14.5. The molecular weight excluding hydrogens is 421 g/mol. The molecule has 0 unspecified atom stereocenters. The Morgan fingerprint density at radius 1 is 1.15 bits per heavy atom. The predicted octanol–water partition coefficient (Wildman–Crippen LogP) is 3.60. The Morgan fingerprint density at radius 2 is 1.78 bits per heavy atom. The van der Waals surface area contributed by atoms with Gasteiger partial charge in [0.15, 0.2) is 11.5 Å². The lowest BCUT2D eigenvalue weighted by atomic mass is 9.79. The van der Waals surface area contributed by atoms with Crippen molar-refractivity contribution in [1.82, 2.24) is 4.90 Å². The third-order valence-electron chi connectivity index (χ3n) is 4.72. The van der Waals surface area contributed by atoms with Crippen LogP contribution in [0.2, 0.25) is 0 Å². The molecule has 1 N–H and O–H groups in total. The molecule has 0 radical (unpaired) electrons. The van der Waals surface area contributed by atoms with E-state index in [1.165, 1.54) is 56.5 Å². The van der Waals surface area contributed by atoms with Gasteiger partial charge in [0.2, 0.25) is 0 Å². The van der Waals surface area contributed by atoms with Crippen LogP contribution in [0.15, 0.2) is 34.8 Å². The number of fused-ring (bicyclic) bond motifs is 1. The molecule has 0 saturated carbocycles. The first-order valence-electron chi connectivity index (χ1n) is 8.01. The quantitative estimate of drug-likeness (QED) is 0.790. The smallest absolute Gasteiger partial charge is 0.313 e. The number of methoxy groups -OCH3 is 2. The number of rotatable bonds is 4. The van der Waals surface area contributed by atoms with Crippen molar-refractivity contribution in [3.05, 3.63) is 57.3 Å². The second-order valence-electron chi connectivity index (χ2n) is 6.14. The number of nitrogens with zero attached hydrogens (tertiary/aromatic N) is 1. The molecule has 2 aromatic carbocycles. The first-order chi connectivity index (χ1) is 12.8. The highest BCUT2D eigenvalue weighted by atomic mass is 79.9. The molecule has 3 rings (SSSR count). The number of hydrogen-bond acceptors (Lipinski definition) is 4. The Bertz CT molecular complexity index is 933. The van der Waals surface area contributed by atoms with Gasteiger partial charge in [0.05, 0.1) is 20.3 Å². The third-order valence-corrected chi connectivity index (χ3v) is 5.21. The maximum Gasteiger partial charge on any atom is 0.313 e. The number of carbonyl (C=O) groups is 2. The molecule has 2 atom stereocenters. The number of aliphatic carboxylic acids is 1. The number of halogens is 2. The van der Waals surface area contributed by atoms with Crippen molar-refractivity contribution in [2.45, 2.75) is 12.0 Å². The number of carbonyl (C=O) groups excluding carboxylic acids is 1. The Kier molecular flexibility index (Phi) is 5.10. The Labute approximate surface area is 163 Å². The minimum atomic E-state index is -1.17. The van der Waals surface area contributed by atoms with E-state index in [0.717, 1.165) is 0 Å². The van der Waals surface area contributed by atoms with Gasteiger partial charge in [-0.15, -0.1) is 0 Å². The molecule has 0 bridgehead atoms. The van der Waals surface area contributed by atoms with Crippen LogP contribution in [0.25, 0.3) is 0 Å². The van der Waals surface area contributed by atoms with Crippen molar-refractivity contribution in [2.75, 3.05) is 21.3 Å². The minimum Gasteiger partial charge on any atom is -0.493 e. The summed E-state index contributed by atoms with van der Waals surface area (Å²) in [6, 6.07) is 6.16. The molecular formula is C19H17BrFNO5. The fourth-order valence-corrected chi connectivity index (χ4v) is 3.82. The van der Waals surface area contributed by atoms with Crippen LogP contribution in [-0.2, 0) is 4.79 Å². The van der Waals surface area contributed by atoms with Crippen LogP contribution in [-0.4, -0.2) is 43.2 Å². The van der Waals surface area contributed by atoms with Gasteiger partial charge in [-0.05, 0) is 35.9 Å². The van der Waals surface area contributed by atoms with Crippen molar-refractivity contribution in [3.63, 3.8) is 0 Å². The van der Waals surface area contributed by atoms with Crippen LogP contribution in [0.1, 0.15) is 33.4 Å². The Balaban J connectivity index is 2.28. The van der Waals surface area contributed by atoms with Crippen molar-refractivity contribution in [2.24, 2.45) is 0 Å². The number of hydrogen-bond donors (Lipinski definition) is 1. The molecule has 1 heterocycles. The number of benzene rings is 2. The third kappa shape index (κ3) is 3.14. The number of amides is 1. The minimum absolute atomic E-state index is 0.119. The average molecular weight is 438 g/mol. The Hall–Kier alpha value is -2.61. The highest BCUT2D eigenvalue weighted by Crippen LogP contribution is 2.46. The molecule has 0 aromatic heterocycles. The van der Waals surface area contributed by atoms with Crippen LogP contribution in [0.4, 0.5) is 4.39 Å². The molecule has 0 fully saturated rings. The van der Waals surface area contributed by atoms with Crippen LogP contribution in [0.3, 0.4) is 0 Å². The normalized spacial score (nSPS) is 18.9. The highest BCUT2D eigenvalue weighted by Gasteiger charge is 2.44. The zero-order valence-electron chi connectivity index (χ0n) is 14.8. The fourth-order valence-electron chi connectivity index (χ4n) is 3.44. The largest absolute Gasteiger partial charge is 0.493 e. The summed E-state index contributed by atoms with van der Waals surface area (Å²) in [5.74, 6) is -2.74. The Morgan fingerprint density at radius 3 is 2.37 bits per heavy atom. The van der Waals surface area contributed by atoms with Gasteiger partial charge in [-0.3, -0.25) is 9.59 Å².